The number of amides is 1. The Morgan fingerprint density at radius 2 is 1.67 bits per heavy atom. The maximum absolute atomic E-state index is 13.6. The minimum atomic E-state index is -4.70. The second-order valence-electron chi connectivity index (χ2n) is 8.15. The first-order valence-electron chi connectivity index (χ1n) is 10.1. The van der Waals surface area contributed by atoms with Crippen LogP contribution in [0.3, 0.4) is 0 Å². The molecule has 0 spiro atoms. The molecule has 11 heteroatoms. The van der Waals surface area contributed by atoms with Crippen LogP contribution in [-0.2, 0) is 12.4 Å². The van der Waals surface area contributed by atoms with E-state index in [-0.39, 0.29) is 29.5 Å². The third-order valence-electron chi connectivity index (χ3n) is 5.77. The van der Waals surface area contributed by atoms with Crippen molar-refractivity contribution < 1.29 is 39.9 Å². The summed E-state index contributed by atoms with van der Waals surface area (Å²) < 4.78 is 105. The number of aromatic nitrogens is 1. The van der Waals surface area contributed by atoms with Crippen LogP contribution in [0.15, 0.2) is 36.5 Å². The molecule has 1 aliphatic carbocycles. The molecule has 1 fully saturated rings. The van der Waals surface area contributed by atoms with Gasteiger partial charge in [0.25, 0.3) is 5.91 Å². The van der Waals surface area contributed by atoms with Crippen molar-refractivity contribution >= 4 is 5.91 Å². The van der Waals surface area contributed by atoms with Crippen LogP contribution in [-0.4, -0.2) is 16.8 Å². The van der Waals surface area contributed by atoms with Gasteiger partial charge < -0.3 is 5.32 Å². The number of hydrogen-bond donors (Lipinski definition) is 1. The van der Waals surface area contributed by atoms with Crippen molar-refractivity contribution in [1.82, 2.24) is 10.3 Å². The number of carbonyl (C=O) groups is 1. The summed E-state index contributed by atoms with van der Waals surface area (Å²) >= 11 is 0. The Morgan fingerprint density at radius 3 is 2.18 bits per heavy atom. The molecule has 1 saturated carbocycles. The van der Waals surface area contributed by atoms with Gasteiger partial charge in [0.2, 0.25) is 5.92 Å². The Kier molecular flexibility index (Phi) is 6.72. The van der Waals surface area contributed by atoms with E-state index >= 15 is 0 Å². The van der Waals surface area contributed by atoms with Crippen LogP contribution in [0.25, 0.3) is 0 Å². The Morgan fingerprint density at radius 1 is 1.03 bits per heavy atom. The third-order valence-corrected chi connectivity index (χ3v) is 5.77. The molecule has 1 amide bonds. The molecule has 1 aromatic heterocycles. The Bertz CT molecular complexity index is 989. The molecule has 3 nitrogen and oxygen atoms in total. The normalized spacial score (nSPS) is 18.1. The highest BCUT2D eigenvalue weighted by atomic mass is 19.4. The number of carbonyl (C=O) groups excluding carboxylic acids is 1. The van der Waals surface area contributed by atoms with Crippen molar-refractivity contribution in [3.63, 3.8) is 0 Å². The van der Waals surface area contributed by atoms with Gasteiger partial charge in [-0.25, -0.2) is 8.78 Å². The lowest BCUT2D eigenvalue weighted by Gasteiger charge is -2.34. The summed E-state index contributed by atoms with van der Waals surface area (Å²) in [5.41, 5.74) is -2.07. The number of hydrogen-bond acceptors (Lipinski definition) is 2. The SMILES string of the molecule is Cc1ccc(C(F)(F)F)cc1C(=O)NC(c1ccc(C(F)(F)F)nc1)C1CCC(F)(F)CC1. The van der Waals surface area contributed by atoms with Crippen LogP contribution in [0, 0.1) is 12.8 Å². The van der Waals surface area contributed by atoms with Gasteiger partial charge >= 0.3 is 12.4 Å². The van der Waals surface area contributed by atoms with E-state index in [0.29, 0.717) is 12.1 Å². The van der Waals surface area contributed by atoms with Gasteiger partial charge in [-0.15, -0.1) is 0 Å². The lowest BCUT2D eigenvalue weighted by atomic mass is 9.79. The zero-order valence-corrected chi connectivity index (χ0v) is 17.3. The fraction of sp³-hybridized carbons (Fsp3) is 0.455. The van der Waals surface area contributed by atoms with E-state index in [0.717, 1.165) is 24.4 Å². The van der Waals surface area contributed by atoms with Crippen LogP contribution in [0.5, 0.6) is 0 Å². The van der Waals surface area contributed by atoms with Crippen LogP contribution in [0.2, 0.25) is 0 Å². The molecule has 1 atom stereocenters. The van der Waals surface area contributed by atoms with E-state index in [1.54, 1.807) is 0 Å². The monoisotopic (exact) mass is 480 g/mol. The first kappa shape index (κ1) is 24.9. The van der Waals surface area contributed by atoms with Crippen LogP contribution in [0.4, 0.5) is 35.1 Å². The van der Waals surface area contributed by atoms with Crippen LogP contribution in [0.1, 0.15) is 64.5 Å². The lowest BCUT2D eigenvalue weighted by Crippen LogP contribution is -2.37. The quantitative estimate of drug-likeness (QED) is 0.494. The van der Waals surface area contributed by atoms with E-state index in [1.807, 2.05) is 0 Å². The van der Waals surface area contributed by atoms with Gasteiger partial charge in [0.15, 0.2) is 0 Å². The fourth-order valence-corrected chi connectivity index (χ4v) is 3.89. The summed E-state index contributed by atoms with van der Waals surface area (Å²) in [7, 11) is 0. The first-order chi connectivity index (χ1) is 15.2. The highest BCUT2D eigenvalue weighted by Gasteiger charge is 2.39. The summed E-state index contributed by atoms with van der Waals surface area (Å²) in [6.07, 6.45) is -9.48. The summed E-state index contributed by atoms with van der Waals surface area (Å²) in [6, 6.07) is 3.44. The number of pyridine rings is 1. The van der Waals surface area contributed by atoms with E-state index in [9.17, 15) is 39.9 Å². The second kappa shape index (κ2) is 8.90. The Hall–Kier alpha value is -2.72. The molecular formula is C22H20F8N2O. The summed E-state index contributed by atoms with van der Waals surface area (Å²) in [4.78, 5) is 16.3. The summed E-state index contributed by atoms with van der Waals surface area (Å²) in [5, 5.41) is 2.55. The lowest BCUT2D eigenvalue weighted by molar-refractivity contribution is -0.141. The highest BCUT2D eigenvalue weighted by Crippen LogP contribution is 2.42. The molecule has 1 heterocycles. The van der Waals surface area contributed by atoms with Crippen molar-refractivity contribution in [2.24, 2.45) is 5.92 Å². The van der Waals surface area contributed by atoms with Gasteiger partial charge in [-0.1, -0.05) is 12.1 Å². The molecule has 180 valence electrons. The van der Waals surface area contributed by atoms with Gasteiger partial charge in [-0.05, 0) is 55.0 Å². The van der Waals surface area contributed by atoms with Crippen molar-refractivity contribution in [3.8, 4) is 0 Å². The topological polar surface area (TPSA) is 42.0 Å². The Labute approximate surface area is 184 Å². The number of nitrogens with zero attached hydrogens (tertiary/aromatic N) is 1. The average Bonchev–Trinajstić information content (AvgIpc) is 2.71. The van der Waals surface area contributed by atoms with Gasteiger partial charge in [0, 0.05) is 24.6 Å². The number of alkyl halides is 8. The predicted molar refractivity (Wildman–Crippen MR) is 103 cm³/mol. The molecule has 0 radical (unpaired) electrons. The van der Waals surface area contributed by atoms with Gasteiger partial charge in [0.05, 0.1) is 11.6 Å². The van der Waals surface area contributed by atoms with Gasteiger partial charge in [0.1, 0.15) is 5.69 Å². The number of aryl methyl sites for hydroxylation is 1. The summed E-state index contributed by atoms with van der Waals surface area (Å²) in [5.74, 6) is -4.33. The highest BCUT2D eigenvalue weighted by molar-refractivity contribution is 5.96. The van der Waals surface area contributed by atoms with Crippen molar-refractivity contribution in [1.29, 1.82) is 0 Å². The van der Waals surface area contributed by atoms with Crippen molar-refractivity contribution in [3.05, 3.63) is 64.5 Å². The summed E-state index contributed by atoms with van der Waals surface area (Å²) in [6.45, 7) is 1.44. The largest absolute Gasteiger partial charge is 0.433 e. The molecule has 1 aliphatic rings. The van der Waals surface area contributed by atoms with Crippen molar-refractivity contribution in [2.45, 2.75) is 56.9 Å². The van der Waals surface area contributed by atoms with Gasteiger partial charge in [-0.2, -0.15) is 26.3 Å². The average molecular weight is 480 g/mol. The first-order valence-corrected chi connectivity index (χ1v) is 10.1. The molecular weight excluding hydrogens is 460 g/mol. The molecule has 1 unspecified atom stereocenters. The molecule has 0 saturated heterocycles. The number of benzene rings is 1. The molecule has 0 bridgehead atoms. The number of rotatable bonds is 4. The fourth-order valence-electron chi connectivity index (χ4n) is 3.89. The molecule has 3 rings (SSSR count). The maximum Gasteiger partial charge on any atom is 0.433 e. The van der Waals surface area contributed by atoms with E-state index in [1.165, 1.54) is 6.92 Å². The molecule has 0 aliphatic heterocycles. The van der Waals surface area contributed by atoms with E-state index in [4.69, 9.17) is 0 Å². The van der Waals surface area contributed by atoms with Crippen molar-refractivity contribution in [2.75, 3.05) is 0 Å². The molecule has 1 N–H and O–H groups in total. The molecule has 2 aromatic rings. The minimum absolute atomic E-state index is 0.0272. The number of nitrogens with one attached hydrogen (secondary N) is 1. The molecule has 1 aromatic carbocycles. The number of halogens is 8. The zero-order valence-electron chi connectivity index (χ0n) is 17.3. The molecule has 33 heavy (non-hydrogen) atoms. The van der Waals surface area contributed by atoms with E-state index in [2.05, 4.69) is 10.3 Å². The third kappa shape index (κ3) is 6.00. The van der Waals surface area contributed by atoms with Crippen LogP contribution < -0.4 is 5.32 Å². The minimum Gasteiger partial charge on any atom is -0.345 e. The smallest absolute Gasteiger partial charge is 0.345 e. The van der Waals surface area contributed by atoms with E-state index < -0.39 is 60.2 Å². The maximum atomic E-state index is 13.6. The standard InChI is InChI=1S/C22H20F8N2O/c1-12-2-4-15(21(25,26)27)10-16(12)19(33)32-18(13-6-8-20(23,24)9-7-13)14-3-5-17(31-11-14)22(28,29)30/h2-5,10-11,13,18H,6-9H2,1H3,(H,32,33). The Balaban J connectivity index is 1.93. The van der Waals surface area contributed by atoms with Gasteiger partial charge in [-0.3, -0.25) is 9.78 Å². The second-order valence-corrected chi connectivity index (χ2v) is 8.15. The predicted octanol–water partition coefficient (Wildman–Crippen LogP) is 6.72. The van der Waals surface area contributed by atoms with Crippen LogP contribution >= 0.6 is 0 Å². The zero-order chi connectivity index (χ0) is 24.6.